The van der Waals surface area contributed by atoms with Crippen molar-refractivity contribution in [1.29, 1.82) is 0 Å². The highest BCUT2D eigenvalue weighted by Crippen LogP contribution is 2.22. The molecule has 1 fully saturated rings. The van der Waals surface area contributed by atoms with Gasteiger partial charge in [-0.1, -0.05) is 26.0 Å². The SMILES string of the molecule is Cc1cc(NCC(C)C)nc(N2CCN(c3ccccc3F)CC2)n1. The second-order valence-corrected chi connectivity index (χ2v) is 6.89. The van der Waals surface area contributed by atoms with Gasteiger partial charge in [0.25, 0.3) is 0 Å². The normalized spacial score (nSPS) is 14.9. The van der Waals surface area contributed by atoms with Crippen LogP contribution in [-0.2, 0) is 0 Å². The highest BCUT2D eigenvalue weighted by molar-refractivity contribution is 5.50. The summed E-state index contributed by atoms with van der Waals surface area (Å²) in [4.78, 5) is 13.5. The average molecular weight is 343 g/mol. The van der Waals surface area contributed by atoms with E-state index in [0.29, 0.717) is 11.6 Å². The van der Waals surface area contributed by atoms with Crippen LogP contribution in [0.3, 0.4) is 0 Å². The molecular formula is C19H26FN5. The van der Waals surface area contributed by atoms with Crippen LogP contribution < -0.4 is 15.1 Å². The molecule has 3 rings (SSSR count). The van der Waals surface area contributed by atoms with Gasteiger partial charge in [-0.05, 0) is 25.0 Å². The molecule has 0 atom stereocenters. The number of aromatic nitrogens is 2. The fraction of sp³-hybridized carbons (Fsp3) is 0.474. The number of rotatable bonds is 5. The zero-order valence-electron chi connectivity index (χ0n) is 15.2. The summed E-state index contributed by atoms with van der Waals surface area (Å²) in [6.45, 7) is 10.3. The molecule has 0 radical (unpaired) electrons. The third-order valence-corrected chi connectivity index (χ3v) is 4.29. The maximum atomic E-state index is 14.0. The summed E-state index contributed by atoms with van der Waals surface area (Å²) in [6, 6.07) is 8.92. The number of para-hydroxylation sites is 1. The Morgan fingerprint density at radius 1 is 1.08 bits per heavy atom. The Balaban J connectivity index is 1.67. The minimum atomic E-state index is -0.164. The lowest BCUT2D eigenvalue weighted by atomic mass is 10.2. The van der Waals surface area contributed by atoms with Gasteiger partial charge in [0.15, 0.2) is 0 Å². The first-order chi connectivity index (χ1) is 12.0. The summed E-state index contributed by atoms with van der Waals surface area (Å²) in [6.07, 6.45) is 0. The Morgan fingerprint density at radius 2 is 1.76 bits per heavy atom. The topological polar surface area (TPSA) is 44.3 Å². The zero-order valence-corrected chi connectivity index (χ0v) is 15.2. The molecule has 0 aliphatic carbocycles. The smallest absolute Gasteiger partial charge is 0.227 e. The van der Waals surface area contributed by atoms with Gasteiger partial charge >= 0.3 is 0 Å². The largest absolute Gasteiger partial charge is 0.370 e. The van der Waals surface area contributed by atoms with E-state index in [1.807, 2.05) is 25.1 Å². The van der Waals surface area contributed by atoms with E-state index < -0.39 is 0 Å². The quantitative estimate of drug-likeness (QED) is 0.902. The molecule has 5 nitrogen and oxygen atoms in total. The molecule has 0 unspecified atom stereocenters. The van der Waals surface area contributed by atoms with E-state index in [9.17, 15) is 4.39 Å². The number of halogens is 1. The van der Waals surface area contributed by atoms with Crippen molar-refractivity contribution in [3.63, 3.8) is 0 Å². The Morgan fingerprint density at radius 3 is 2.44 bits per heavy atom. The van der Waals surface area contributed by atoms with Gasteiger partial charge in [0.1, 0.15) is 11.6 Å². The van der Waals surface area contributed by atoms with Crippen LogP contribution >= 0.6 is 0 Å². The molecular weight excluding hydrogens is 317 g/mol. The van der Waals surface area contributed by atoms with Crippen LogP contribution in [0, 0.1) is 18.7 Å². The van der Waals surface area contributed by atoms with E-state index in [1.54, 1.807) is 6.07 Å². The first-order valence-corrected chi connectivity index (χ1v) is 8.87. The first kappa shape index (κ1) is 17.5. The zero-order chi connectivity index (χ0) is 17.8. The van der Waals surface area contributed by atoms with Crippen LogP contribution in [0.4, 0.5) is 21.8 Å². The van der Waals surface area contributed by atoms with E-state index in [4.69, 9.17) is 0 Å². The molecule has 1 aliphatic heterocycles. The average Bonchev–Trinajstić information content (AvgIpc) is 2.60. The van der Waals surface area contributed by atoms with Crippen LogP contribution in [-0.4, -0.2) is 42.7 Å². The van der Waals surface area contributed by atoms with Crippen LogP contribution in [0.1, 0.15) is 19.5 Å². The van der Waals surface area contributed by atoms with Crippen molar-refractivity contribution in [2.45, 2.75) is 20.8 Å². The predicted molar refractivity (Wildman–Crippen MR) is 101 cm³/mol. The number of hydrogen-bond donors (Lipinski definition) is 1. The van der Waals surface area contributed by atoms with E-state index in [2.05, 4.69) is 38.9 Å². The maximum Gasteiger partial charge on any atom is 0.227 e. The van der Waals surface area contributed by atoms with Crippen LogP contribution in [0.15, 0.2) is 30.3 Å². The summed E-state index contributed by atoms with van der Waals surface area (Å²) < 4.78 is 14.0. The minimum absolute atomic E-state index is 0.164. The monoisotopic (exact) mass is 343 g/mol. The van der Waals surface area contributed by atoms with Gasteiger partial charge in [0.05, 0.1) is 5.69 Å². The van der Waals surface area contributed by atoms with Crippen molar-refractivity contribution in [1.82, 2.24) is 9.97 Å². The maximum absolute atomic E-state index is 14.0. The lowest BCUT2D eigenvalue weighted by Gasteiger charge is -2.36. The molecule has 1 aromatic heterocycles. The molecule has 0 amide bonds. The molecule has 1 aromatic carbocycles. The number of piperazine rings is 1. The summed E-state index contributed by atoms with van der Waals surface area (Å²) >= 11 is 0. The van der Waals surface area contributed by atoms with E-state index in [0.717, 1.165) is 50.2 Å². The first-order valence-electron chi connectivity index (χ1n) is 8.87. The molecule has 1 N–H and O–H groups in total. The molecule has 1 aliphatic rings. The third kappa shape index (κ3) is 4.38. The van der Waals surface area contributed by atoms with Crippen molar-refractivity contribution < 1.29 is 4.39 Å². The lowest BCUT2D eigenvalue weighted by Crippen LogP contribution is -2.47. The van der Waals surface area contributed by atoms with Crippen molar-refractivity contribution in [3.05, 3.63) is 41.8 Å². The fourth-order valence-electron chi connectivity index (χ4n) is 2.95. The molecule has 0 spiro atoms. The standard InChI is InChI=1S/C19H26FN5/c1-14(2)13-21-18-12-15(3)22-19(23-18)25-10-8-24(9-11-25)17-7-5-4-6-16(17)20/h4-7,12,14H,8-11,13H2,1-3H3,(H,21,22,23). The third-order valence-electron chi connectivity index (χ3n) is 4.29. The van der Waals surface area contributed by atoms with Crippen molar-refractivity contribution in [2.24, 2.45) is 5.92 Å². The molecule has 0 saturated carbocycles. The summed E-state index contributed by atoms with van der Waals surface area (Å²) in [7, 11) is 0. The molecule has 0 bridgehead atoms. The lowest BCUT2D eigenvalue weighted by molar-refractivity contribution is 0.593. The number of hydrogen-bond acceptors (Lipinski definition) is 5. The number of benzene rings is 1. The van der Waals surface area contributed by atoms with Crippen molar-refractivity contribution in [2.75, 3.05) is 47.8 Å². The van der Waals surface area contributed by atoms with Gasteiger partial charge in [0, 0.05) is 44.5 Å². The molecule has 1 saturated heterocycles. The number of nitrogens with one attached hydrogen (secondary N) is 1. The van der Waals surface area contributed by atoms with Gasteiger partial charge in [0.2, 0.25) is 5.95 Å². The predicted octanol–water partition coefficient (Wildman–Crippen LogP) is 3.32. The van der Waals surface area contributed by atoms with Crippen molar-refractivity contribution in [3.8, 4) is 0 Å². The fourth-order valence-corrected chi connectivity index (χ4v) is 2.95. The molecule has 134 valence electrons. The van der Waals surface area contributed by atoms with Gasteiger partial charge in [-0.2, -0.15) is 4.98 Å². The van der Waals surface area contributed by atoms with E-state index in [-0.39, 0.29) is 5.82 Å². The second kappa shape index (κ2) is 7.68. The van der Waals surface area contributed by atoms with Crippen LogP contribution in [0.25, 0.3) is 0 Å². The molecule has 2 aromatic rings. The Bertz CT molecular complexity index is 711. The van der Waals surface area contributed by atoms with Gasteiger partial charge in [-0.25, -0.2) is 9.37 Å². The van der Waals surface area contributed by atoms with Crippen LogP contribution in [0.5, 0.6) is 0 Å². The number of nitrogens with zero attached hydrogens (tertiary/aromatic N) is 4. The Labute approximate surface area is 148 Å². The number of anilines is 3. The highest BCUT2D eigenvalue weighted by atomic mass is 19.1. The van der Waals surface area contributed by atoms with Crippen molar-refractivity contribution >= 4 is 17.5 Å². The highest BCUT2D eigenvalue weighted by Gasteiger charge is 2.21. The van der Waals surface area contributed by atoms with Gasteiger partial charge in [-0.3, -0.25) is 0 Å². The summed E-state index contributed by atoms with van der Waals surface area (Å²) in [5, 5.41) is 3.37. The minimum Gasteiger partial charge on any atom is -0.370 e. The van der Waals surface area contributed by atoms with Gasteiger partial charge in [-0.15, -0.1) is 0 Å². The summed E-state index contributed by atoms with van der Waals surface area (Å²) in [5.41, 5.74) is 1.62. The Kier molecular flexibility index (Phi) is 5.36. The Hall–Kier alpha value is -2.37. The molecule has 2 heterocycles. The van der Waals surface area contributed by atoms with E-state index >= 15 is 0 Å². The molecule has 25 heavy (non-hydrogen) atoms. The second-order valence-electron chi connectivity index (χ2n) is 6.89. The molecule has 6 heteroatoms. The van der Waals surface area contributed by atoms with E-state index in [1.165, 1.54) is 6.07 Å². The summed E-state index contributed by atoms with van der Waals surface area (Å²) in [5.74, 6) is 2.01. The number of aryl methyl sites for hydroxylation is 1. The van der Waals surface area contributed by atoms with Gasteiger partial charge < -0.3 is 15.1 Å². The van der Waals surface area contributed by atoms with Crippen LogP contribution in [0.2, 0.25) is 0 Å².